The van der Waals surface area contributed by atoms with E-state index in [4.69, 9.17) is 0 Å². The fourth-order valence-electron chi connectivity index (χ4n) is 7.10. The summed E-state index contributed by atoms with van der Waals surface area (Å²) in [5.74, 6) is 2.31. The van der Waals surface area contributed by atoms with Gasteiger partial charge in [-0.2, -0.15) is 0 Å². The second kappa shape index (κ2) is 7.21. The first kappa shape index (κ1) is 20.8. The second-order valence-corrected chi connectivity index (χ2v) is 11.9. The molecule has 2 aromatic heterocycles. The molecular weight excluding hydrogens is 438 g/mol. The van der Waals surface area contributed by atoms with Gasteiger partial charge < -0.3 is 14.8 Å². The van der Waals surface area contributed by atoms with Crippen LogP contribution in [0.5, 0.6) is 0 Å². The molecule has 1 N–H and O–H groups in total. The Morgan fingerprint density at radius 1 is 0.971 bits per heavy atom. The molecule has 7 rings (SSSR count). The number of nitrogens with zero attached hydrogens (tertiary/aromatic N) is 5. The molecule has 180 valence electrons. The summed E-state index contributed by atoms with van der Waals surface area (Å²) >= 11 is 0. The van der Waals surface area contributed by atoms with Crippen molar-refractivity contribution in [2.45, 2.75) is 63.2 Å². The van der Waals surface area contributed by atoms with Gasteiger partial charge in [-0.3, -0.25) is 4.98 Å². The van der Waals surface area contributed by atoms with Crippen LogP contribution in [0, 0.1) is 28.4 Å². The molecule has 2 saturated heterocycles. The fraction of sp³-hybridized carbons (Fsp3) is 0.680. The summed E-state index contributed by atoms with van der Waals surface area (Å²) in [5.41, 5.74) is 0.807. The van der Waals surface area contributed by atoms with E-state index in [9.17, 15) is 13.6 Å². The number of aromatic nitrogens is 4. The molecule has 0 radical (unpaired) electrons. The van der Waals surface area contributed by atoms with E-state index in [0.29, 0.717) is 29.9 Å². The van der Waals surface area contributed by atoms with Crippen LogP contribution in [-0.4, -0.2) is 62.2 Å². The monoisotopic (exact) mass is 468 g/mol. The van der Waals surface area contributed by atoms with Gasteiger partial charge in [0.15, 0.2) is 0 Å². The number of nitrogens with one attached hydrogen (secondary N) is 1. The van der Waals surface area contributed by atoms with Crippen LogP contribution in [0.25, 0.3) is 0 Å². The molecule has 3 aliphatic carbocycles. The summed E-state index contributed by atoms with van der Waals surface area (Å²) in [6, 6.07) is 1.09. The Bertz CT molecular complexity index is 1130. The second-order valence-electron chi connectivity index (χ2n) is 11.9. The van der Waals surface area contributed by atoms with E-state index >= 15 is 0 Å². The minimum absolute atomic E-state index is 0.171. The first-order chi connectivity index (χ1) is 16.4. The van der Waals surface area contributed by atoms with Gasteiger partial charge in [0.2, 0.25) is 0 Å². The van der Waals surface area contributed by atoms with Crippen LogP contribution >= 0.6 is 0 Å². The molecule has 3 saturated carbocycles. The third-order valence-corrected chi connectivity index (χ3v) is 9.05. The van der Waals surface area contributed by atoms with E-state index in [1.54, 1.807) is 0 Å². The highest BCUT2D eigenvalue weighted by Crippen LogP contribution is 2.56. The minimum Gasteiger partial charge on any atom is -0.328 e. The van der Waals surface area contributed by atoms with Crippen LogP contribution in [0.1, 0.15) is 74.1 Å². The number of amides is 2. The fourth-order valence-corrected chi connectivity index (χ4v) is 7.10. The molecule has 2 spiro atoms. The molecule has 7 nitrogen and oxygen atoms in total. The summed E-state index contributed by atoms with van der Waals surface area (Å²) in [5, 5.41) is 8.69. The number of urea groups is 1. The summed E-state index contributed by atoms with van der Waals surface area (Å²) in [6.45, 7) is 3.31. The topological polar surface area (TPSA) is 78.0 Å². The van der Waals surface area contributed by atoms with Gasteiger partial charge in [0, 0.05) is 54.9 Å². The summed E-state index contributed by atoms with van der Waals surface area (Å²) in [4.78, 5) is 24.4. The van der Waals surface area contributed by atoms with Crippen LogP contribution in [0.15, 0.2) is 12.3 Å². The highest BCUT2D eigenvalue weighted by atomic mass is 19.1. The van der Waals surface area contributed by atoms with Gasteiger partial charge in [-0.15, -0.1) is 10.2 Å². The van der Waals surface area contributed by atoms with Gasteiger partial charge in [-0.05, 0) is 57.3 Å². The lowest BCUT2D eigenvalue weighted by Gasteiger charge is -2.60. The van der Waals surface area contributed by atoms with Crippen molar-refractivity contribution in [3.63, 3.8) is 0 Å². The van der Waals surface area contributed by atoms with E-state index in [1.807, 2.05) is 9.80 Å². The maximum Gasteiger partial charge on any atom is 0.320 e. The molecule has 34 heavy (non-hydrogen) atoms. The molecule has 2 aromatic rings. The van der Waals surface area contributed by atoms with Crippen molar-refractivity contribution in [3.05, 3.63) is 41.2 Å². The number of halogens is 2. The SMILES string of the molecule is O=C(N1CC2(CCC(Cc3ncc(F)cc3F)C2)C1)N1CC2(CC(c3nnc(C4CC4)[nH]3)C2)C1. The molecule has 1 atom stereocenters. The van der Waals surface area contributed by atoms with Gasteiger partial charge in [0.25, 0.3) is 0 Å². The predicted octanol–water partition coefficient (Wildman–Crippen LogP) is 4.00. The molecule has 0 bridgehead atoms. The van der Waals surface area contributed by atoms with Crippen LogP contribution in [-0.2, 0) is 6.42 Å². The number of likely N-dealkylation sites (tertiary alicyclic amines) is 2. The van der Waals surface area contributed by atoms with Gasteiger partial charge in [-0.1, -0.05) is 0 Å². The molecule has 5 aliphatic rings. The Balaban J connectivity index is 0.875. The summed E-state index contributed by atoms with van der Waals surface area (Å²) < 4.78 is 27.1. The zero-order valence-corrected chi connectivity index (χ0v) is 19.3. The van der Waals surface area contributed by atoms with E-state index in [0.717, 1.165) is 82.2 Å². The number of aromatic amines is 1. The lowest BCUT2D eigenvalue weighted by Crippen LogP contribution is -2.69. The first-order valence-corrected chi connectivity index (χ1v) is 12.7. The van der Waals surface area contributed by atoms with Crippen molar-refractivity contribution < 1.29 is 13.6 Å². The minimum atomic E-state index is -0.636. The maximum absolute atomic E-state index is 14.0. The van der Waals surface area contributed by atoms with Crippen molar-refractivity contribution in [2.75, 3.05) is 26.2 Å². The number of hydrogen-bond donors (Lipinski definition) is 1. The lowest BCUT2D eigenvalue weighted by atomic mass is 9.57. The third kappa shape index (κ3) is 3.41. The zero-order chi connectivity index (χ0) is 23.1. The van der Waals surface area contributed by atoms with Crippen molar-refractivity contribution in [1.82, 2.24) is 30.0 Å². The van der Waals surface area contributed by atoms with Crippen molar-refractivity contribution in [2.24, 2.45) is 16.7 Å². The highest BCUT2D eigenvalue weighted by molar-refractivity contribution is 5.77. The quantitative estimate of drug-likeness (QED) is 0.736. The number of hydrogen-bond acceptors (Lipinski definition) is 4. The molecule has 9 heteroatoms. The zero-order valence-electron chi connectivity index (χ0n) is 19.3. The van der Waals surface area contributed by atoms with E-state index in [-0.39, 0.29) is 16.9 Å². The number of H-pyrrole nitrogens is 1. The molecule has 2 amide bonds. The van der Waals surface area contributed by atoms with Crippen molar-refractivity contribution in [1.29, 1.82) is 0 Å². The molecular formula is C25H30F2N6O. The number of carbonyl (C=O) groups excluding carboxylic acids is 1. The lowest BCUT2D eigenvalue weighted by molar-refractivity contribution is -0.0706. The largest absolute Gasteiger partial charge is 0.328 e. The molecule has 0 aromatic carbocycles. The Hall–Kier alpha value is -2.58. The van der Waals surface area contributed by atoms with Gasteiger partial charge in [0.05, 0.1) is 11.9 Å². The average molecular weight is 469 g/mol. The molecule has 4 heterocycles. The normalized spacial score (nSPS) is 27.1. The van der Waals surface area contributed by atoms with Crippen LogP contribution in [0.2, 0.25) is 0 Å². The highest BCUT2D eigenvalue weighted by Gasteiger charge is 2.57. The van der Waals surface area contributed by atoms with Crippen LogP contribution in [0.3, 0.4) is 0 Å². The number of rotatable bonds is 4. The Morgan fingerprint density at radius 2 is 1.65 bits per heavy atom. The smallest absolute Gasteiger partial charge is 0.320 e. The van der Waals surface area contributed by atoms with Gasteiger partial charge in [-0.25, -0.2) is 13.6 Å². The Labute approximate surface area is 197 Å². The standard InChI is InChI=1S/C25H30F2N6O/c26-18-6-19(27)20(28-10-18)5-15-3-4-24(7-15)11-32(12-24)23(34)33-13-25(14-33)8-17(9-25)22-29-21(30-31-22)16-1-2-16/h6,10,15-17H,1-5,7-9,11-14H2,(H,29,30,31). The Morgan fingerprint density at radius 3 is 2.32 bits per heavy atom. The summed E-state index contributed by atoms with van der Waals surface area (Å²) in [7, 11) is 0. The molecule has 5 fully saturated rings. The third-order valence-electron chi connectivity index (χ3n) is 9.05. The van der Waals surface area contributed by atoms with E-state index in [1.165, 1.54) is 12.8 Å². The maximum atomic E-state index is 14.0. The number of pyridine rings is 1. The van der Waals surface area contributed by atoms with Gasteiger partial charge >= 0.3 is 6.03 Å². The van der Waals surface area contributed by atoms with Gasteiger partial charge in [0.1, 0.15) is 23.3 Å². The van der Waals surface area contributed by atoms with Crippen molar-refractivity contribution >= 4 is 6.03 Å². The van der Waals surface area contributed by atoms with Crippen LogP contribution < -0.4 is 0 Å². The summed E-state index contributed by atoms with van der Waals surface area (Å²) in [6.07, 6.45) is 9.34. The predicted molar refractivity (Wildman–Crippen MR) is 119 cm³/mol. The first-order valence-electron chi connectivity index (χ1n) is 12.7. The van der Waals surface area contributed by atoms with Crippen LogP contribution in [0.4, 0.5) is 13.6 Å². The Kier molecular flexibility index (Phi) is 4.40. The van der Waals surface area contributed by atoms with E-state index < -0.39 is 11.6 Å². The molecule has 2 aliphatic heterocycles. The van der Waals surface area contributed by atoms with E-state index in [2.05, 4.69) is 20.2 Å². The van der Waals surface area contributed by atoms with Crippen molar-refractivity contribution in [3.8, 4) is 0 Å². The average Bonchev–Trinajstić information content (AvgIpc) is 3.30. The molecule has 1 unspecified atom stereocenters. The number of carbonyl (C=O) groups is 1.